The van der Waals surface area contributed by atoms with E-state index in [0.717, 1.165) is 37.2 Å². The third kappa shape index (κ3) is 4.21. The van der Waals surface area contributed by atoms with Crippen LogP contribution < -0.4 is 5.32 Å². The molecule has 0 bridgehead atoms. The average Bonchev–Trinajstić information content (AvgIpc) is 3.13. The molecule has 1 aliphatic heterocycles. The van der Waals surface area contributed by atoms with Crippen LogP contribution in [0, 0.1) is 0 Å². The highest BCUT2D eigenvalue weighted by Crippen LogP contribution is 2.21. The van der Waals surface area contributed by atoms with E-state index in [1.807, 2.05) is 41.1 Å². The van der Waals surface area contributed by atoms with Crippen LogP contribution in [-0.4, -0.2) is 48.2 Å². The topological polar surface area (TPSA) is 46.5 Å². The van der Waals surface area contributed by atoms with Crippen LogP contribution in [0.3, 0.4) is 0 Å². The number of nitrogens with one attached hydrogen (secondary N) is 1. The molecule has 27 heavy (non-hydrogen) atoms. The Morgan fingerprint density at radius 2 is 1.74 bits per heavy atom. The molecular weight excluding hydrogens is 338 g/mol. The average molecular weight is 363 g/mol. The Labute approximate surface area is 159 Å². The number of rotatable bonds is 6. The van der Waals surface area contributed by atoms with Gasteiger partial charge in [0.1, 0.15) is 6.54 Å². The van der Waals surface area contributed by atoms with Crippen molar-refractivity contribution in [2.75, 3.05) is 32.8 Å². The van der Waals surface area contributed by atoms with E-state index >= 15 is 0 Å². The number of aromatic nitrogens is 1. The summed E-state index contributed by atoms with van der Waals surface area (Å²) in [5.41, 5.74) is 2.31. The summed E-state index contributed by atoms with van der Waals surface area (Å²) in [4.78, 5) is 15.0. The Morgan fingerprint density at radius 3 is 2.56 bits per heavy atom. The second-order valence-electron chi connectivity index (χ2n) is 6.88. The van der Waals surface area contributed by atoms with E-state index in [9.17, 15) is 4.79 Å². The molecule has 5 heteroatoms. The zero-order valence-corrected chi connectivity index (χ0v) is 15.4. The largest absolute Gasteiger partial charge is 0.379 e. The minimum Gasteiger partial charge on any atom is -0.379 e. The van der Waals surface area contributed by atoms with Crippen molar-refractivity contribution in [3.05, 3.63) is 72.4 Å². The van der Waals surface area contributed by atoms with Crippen LogP contribution in [0.2, 0.25) is 0 Å². The third-order valence-corrected chi connectivity index (χ3v) is 5.16. The SMILES string of the molecule is O=C(Cn1ccc2ccccc21)NCC(c1ccccc1)N1CCOCC1. The number of carbonyl (C=O) groups is 1. The van der Waals surface area contributed by atoms with E-state index in [1.165, 1.54) is 5.56 Å². The molecule has 2 aromatic carbocycles. The van der Waals surface area contributed by atoms with Crippen LogP contribution in [0.4, 0.5) is 0 Å². The number of benzene rings is 2. The van der Waals surface area contributed by atoms with Gasteiger partial charge in [-0.25, -0.2) is 0 Å². The molecule has 1 saturated heterocycles. The lowest BCUT2D eigenvalue weighted by atomic mass is 10.0. The van der Waals surface area contributed by atoms with Crippen LogP contribution in [0.15, 0.2) is 66.9 Å². The summed E-state index contributed by atoms with van der Waals surface area (Å²) in [5, 5.41) is 4.29. The van der Waals surface area contributed by atoms with Gasteiger partial charge in [-0.05, 0) is 23.1 Å². The first-order chi connectivity index (χ1) is 13.3. The summed E-state index contributed by atoms with van der Waals surface area (Å²) in [6.07, 6.45) is 1.97. The normalized spacial score (nSPS) is 16.3. The molecule has 5 nitrogen and oxygen atoms in total. The predicted octanol–water partition coefficient (Wildman–Crippen LogP) is 2.83. The lowest BCUT2D eigenvalue weighted by Gasteiger charge is -2.35. The molecule has 0 aliphatic carbocycles. The van der Waals surface area contributed by atoms with E-state index < -0.39 is 0 Å². The highest BCUT2D eigenvalue weighted by Gasteiger charge is 2.23. The smallest absolute Gasteiger partial charge is 0.240 e. The molecule has 0 spiro atoms. The molecule has 0 radical (unpaired) electrons. The first kappa shape index (κ1) is 17.8. The van der Waals surface area contributed by atoms with Crippen molar-refractivity contribution >= 4 is 16.8 Å². The van der Waals surface area contributed by atoms with Gasteiger partial charge in [-0.2, -0.15) is 0 Å². The predicted molar refractivity (Wildman–Crippen MR) is 107 cm³/mol. The quantitative estimate of drug-likeness (QED) is 0.733. The number of para-hydroxylation sites is 1. The Hall–Kier alpha value is -2.63. The number of fused-ring (bicyclic) bond motifs is 1. The lowest BCUT2D eigenvalue weighted by molar-refractivity contribution is -0.122. The molecule has 1 N–H and O–H groups in total. The number of ether oxygens (including phenoxy) is 1. The fourth-order valence-corrected chi connectivity index (χ4v) is 3.72. The fourth-order valence-electron chi connectivity index (χ4n) is 3.72. The van der Waals surface area contributed by atoms with Crippen LogP contribution in [-0.2, 0) is 16.1 Å². The van der Waals surface area contributed by atoms with Gasteiger partial charge in [-0.15, -0.1) is 0 Å². The Morgan fingerprint density at radius 1 is 1.00 bits per heavy atom. The number of amides is 1. The van der Waals surface area contributed by atoms with Gasteiger partial charge in [-0.3, -0.25) is 9.69 Å². The molecule has 1 aliphatic rings. The van der Waals surface area contributed by atoms with Crippen molar-refractivity contribution in [2.24, 2.45) is 0 Å². The standard InChI is InChI=1S/C22H25N3O2/c26-22(17-25-11-10-19-8-4-5-9-20(19)25)23-16-21(18-6-2-1-3-7-18)24-12-14-27-15-13-24/h1-11,21H,12-17H2,(H,23,26). The van der Waals surface area contributed by atoms with Crippen molar-refractivity contribution in [3.8, 4) is 0 Å². The van der Waals surface area contributed by atoms with E-state index in [1.54, 1.807) is 0 Å². The maximum Gasteiger partial charge on any atom is 0.240 e. The van der Waals surface area contributed by atoms with E-state index in [-0.39, 0.29) is 11.9 Å². The zero-order valence-electron chi connectivity index (χ0n) is 15.4. The molecule has 0 saturated carbocycles. The van der Waals surface area contributed by atoms with Crippen molar-refractivity contribution in [1.82, 2.24) is 14.8 Å². The van der Waals surface area contributed by atoms with Gasteiger partial charge in [-0.1, -0.05) is 48.5 Å². The molecule has 2 heterocycles. The number of carbonyl (C=O) groups excluding carboxylic acids is 1. The van der Waals surface area contributed by atoms with Gasteiger partial charge in [0, 0.05) is 31.3 Å². The highest BCUT2D eigenvalue weighted by molar-refractivity contribution is 5.83. The van der Waals surface area contributed by atoms with E-state index in [4.69, 9.17) is 4.74 Å². The third-order valence-electron chi connectivity index (χ3n) is 5.16. The van der Waals surface area contributed by atoms with Gasteiger partial charge in [0.15, 0.2) is 0 Å². The molecule has 1 amide bonds. The van der Waals surface area contributed by atoms with Crippen molar-refractivity contribution in [1.29, 1.82) is 0 Å². The van der Waals surface area contributed by atoms with Gasteiger partial charge in [0.2, 0.25) is 5.91 Å². The first-order valence-electron chi connectivity index (χ1n) is 9.48. The van der Waals surface area contributed by atoms with Crippen molar-refractivity contribution < 1.29 is 9.53 Å². The molecule has 1 aromatic heterocycles. The minimum absolute atomic E-state index is 0.0329. The van der Waals surface area contributed by atoms with Gasteiger partial charge < -0.3 is 14.6 Å². The summed E-state index contributed by atoms with van der Waals surface area (Å²) >= 11 is 0. The van der Waals surface area contributed by atoms with Crippen LogP contribution in [0.25, 0.3) is 10.9 Å². The monoisotopic (exact) mass is 363 g/mol. The molecular formula is C22H25N3O2. The van der Waals surface area contributed by atoms with Crippen molar-refractivity contribution in [3.63, 3.8) is 0 Å². The van der Waals surface area contributed by atoms with Crippen LogP contribution in [0.5, 0.6) is 0 Å². The van der Waals surface area contributed by atoms with Crippen LogP contribution in [0.1, 0.15) is 11.6 Å². The summed E-state index contributed by atoms with van der Waals surface area (Å²) in [6.45, 7) is 4.19. The number of hydrogen-bond acceptors (Lipinski definition) is 3. The number of morpholine rings is 1. The fraction of sp³-hybridized carbons (Fsp3) is 0.318. The van der Waals surface area contributed by atoms with E-state index in [2.05, 4.69) is 40.5 Å². The molecule has 1 atom stereocenters. The maximum atomic E-state index is 12.6. The highest BCUT2D eigenvalue weighted by atomic mass is 16.5. The molecule has 4 rings (SSSR count). The van der Waals surface area contributed by atoms with Gasteiger partial charge >= 0.3 is 0 Å². The number of hydrogen-bond donors (Lipinski definition) is 1. The maximum absolute atomic E-state index is 12.6. The molecule has 1 fully saturated rings. The van der Waals surface area contributed by atoms with E-state index in [0.29, 0.717) is 13.1 Å². The molecule has 3 aromatic rings. The van der Waals surface area contributed by atoms with Crippen molar-refractivity contribution in [2.45, 2.75) is 12.6 Å². The Bertz CT molecular complexity index is 885. The Balaban J connectivity index is 1.43. The van der Waals surface area contributed by atoms with Crippen LogP contribution >= 0.6 is 0 Å². The van der Waals surface area contributed by atoms with Gasteiger partial charge in [0.05, 0.1) is 19.3 Å². The lowest BCUT2D eigenvalue weighted by Crippen LogP contribution is -2.44. The first-order valence-corrected chi connectivity index (χ1v) is 9.48. The van der Waals surface area contributed by atoms with Gasteiger partial charge in [0.25, 0.3) is 0 Å². The zero-order chi connectivity index (χ0) is 18.5. The minimum atomic E-state index is 0.0329. The summed E-state index contributed by atoms with van der Waals surface area (Å²) in [7, 11) is 0. The molecule has 1 unspecified atom stereocenters. The Kier molecular flexibility index (Phi) is 5.51. The second kappa shape index (κ2) is 8.37. The molecule has 140 valence electrons. The summed E-state index contributed by atoms with van der Waals surface area (Å²) < 4.78 is 7.49. The summed E-state index contributed by atoms with van der Waals surface area (Å²) in [6, 6.07) is 20.7. The second-order valence-corrected chi connectivity index (χ2v) is 6.88. The number of nitrogens with zero attached hydrogens (tertiary/aromatic N) is 2. The summed E-state index contributed by atoms with van der Waals surface area (Å²) in [5.74, 6) is 0.0329.